The number of amides is 1. The van der Waals surface area contributed by atoms with Crippen molar-refractivity contribution in [1.82, 2.24) is 5.32 Å². The van der Waals surface area contributed by atoms with Crippen molar-refractivity contribution in [3.8, 4) is 0 Å². The van der Waals surface area contributed by atoms with E-state index in [4.69, 9.17) is 5.11 Å². The topological polar surface area (TPSA) is 78.4 Å². The molecule has 0 saturated carbocycles. The van der Waals surface area contributed by atoms with Gasteiger partial charge in [0, 0.05) is 30.8 Å². The minimum atomic E-state index is -0.741. The van der Waals surface area contributed by atoms with Crippen molar-refractivity contribution in [2.75, 3.05) is 18.4 Å². The van der Waals surface area contributed by atoms with Crippen molar-refractivity contribution >= 4 is 17.6 Å². The number of fused-ring (bicyclic) bond motifs is 1. The van der Waals surface area contributed by atoms with Crippen LogP contribution >= 0.6 is 0 Å². The minimum Gasteiger partial charge on any atom is -0.481 e. The van der Waals surface area contributed by atoms with E-state index in [1.807, 2.05) is 18.2 Å². The summed E-state index contributed by atoms with van der Waals surface area (Å²) in [5.41, 5.74) is 3.05. The van der Waals surface area contributed by atoms with E-state index in [1.54, 1.807) is 0 Å². The summed E-state index contributed by atoms with van der Waals surface area (Å²) in [6, 6.07) is 5.76. The van der Waals surface area contributed by atoms with E-state index < -0.39 is 5.97 Å². The van der Waals surface area contributed by atoms with Crippen molar-refractivity contribution < 1.29 is 14.7 Å². The van der Waals surface area contributed by atoms with Crippen LogP contribution in [0.5, 0.6) is 0 Å². The van der Waals surface area contributed by atoms with Gasteiger partial charge in [-0.1, -0.05) is 12.8 Å². The molecule has 5 nitrogen and oxygen atoms in total. The molecule has 1 aromatic carbocycles. The highest BCUT2D eigenvalue weighted by molar-refractivity contribution is 5.95. The molecule has 1 aliphatic heterocycles. The van der Waals surface area contributed by atoms with Crippen LogP contribution in [0.1, 0.15) is 48.0 Å². The molecule has 0 aromatic heterocycles. The second kappa shape index (κ2) is 7.67. The maximum Gasteiger partial charge on any atom is 0.303 e. The first kappa shape index (κ1) is 15.4. The summed E-state index contributed by atoms with van der Waals surface area (Å²) in [6.45, 7) is 1.58. The van der Waals surface area contributed by atoms with Gasteiger partial charge in [-0.15, -0.1) is 0 Å². The SMILES string of the molecule is O=C(O)CCCCCCNC(=O)c1ccc2c(c1)CCN2. The number of carbonyl (C=O) groups is 2. The Morgan fingerprint density at radius 2 is 2.00 bits per heavy atom. The zero-order chi connectivity index (χ0) is 15.1. The third-order valence-electron chi connectivity index (χ3n) is 3.68. The molecule has 1 aliphatic rings. The van der Waals surface area contributed by atoms with Gasteiger partial charge >= 0.3 is 5.97 Å². The highest BCUT2D eigenvalue weighted by Gasteiger charge is 2.12. The highest BCUT2D eigenvalue weighted by Crippen LogP contribution is 2.22. The van der Waals surface area contributed by atoms with Crippen molar-refractivity contribution in [3.63, 3.8) is 0 Å². The fraction of sp³-hybridized carbons (Fsp3) is 0.500. The number of anilines is 1. The molecule has 0 aliphatic carbocycles. The largest absolute Gasteiger partial charge is 0.481 e. The maximum atomic E-state index is 12.0. The molecular formula is C16H22N2O3. The molecule has 114 valence electrons. The van der Waals surface area contributed by atoms with Gasteiger partial charge in [0.05, 0.1) is 0 Å². The quantitative estimate of drug-likeness (QED) is 0.642. The summed E-state index contributed by atoms with van der Waals surface area (Å²) in [4.78, 5) is 22.4. The summed E-state index contributed by atoms with van der Waals surface area (Å²) >= 11 is 0. The van der Waals surface area contributed by atoms with Crippen molar-refractivity contribution in [3.05, 3.63) is 29.3 Å². The van der Waals surface area contributed by atoms with Gasteiger partial charge in [0.1, 0.15) is 0 Å². The lowest BCUT2D eigenvalue weighted by atomic mass is 10.1. The van der Waals surface area contributed by atoms with E-state index in [1.165, 1.54) is 5.56 Å². The number of carboxylic acid groups (broad SMARTS) is 1. The second-order valence-corrected chi connectivity index (χ2v) is 5.36. The second-order valence-electron chi connectivity index (χ2n) is 5.36. The Kier molecular flexibility index (Phi) is 5.60. The molecule has 21 heavy (non-hydrogen) atoms. The van der Waals surface area contributed by atoms with Gasteiger partial charge in [-0.25, -0.2) is 0 Å². The van der Waals surface area contributed by atoms with Crippen molar-refractivity contribution in [2.45, 2.75) is 38.5 Å². The molecule has 2 rings (SSSR count). The molecule has 0 atom stereocenters. The van der Waals surface area contributed by atoms with Crippen molar-refractivity contribution in [1.29, 1.82) is 0 Å². The van der Waals surface area contributed by atoms with Gasteiger partial charge in [-0.2, -0.15) is 0 Å². The van der Waals surface area contributed by atoms with E-state index in [9.17, 15) is 9.59 Å². The maximum absolute atomic E-state index is 12.0. The zero-order valence-corrected chi connectivity index (χ0v) is 12.2. The minimum absolute atomic E-state index is 0.0322. The van der Waals surface area contributed by atoms with Gasteiger partial charge < -0.3 is 15.7 Å². The van der Waals surface area contributed by atoms with Gasteiger partial charge in [0.2, 0.25) is 0 Å². The molecule has 1 amide bonds. The molecule has 1 heterocycles. The smallest absolute Gasteiger partial charge is 0.303 e. The van der Waals surface area contributed by atoms with Crippen LogP contribution in [0.3, 0.4) is 0 Å². The van der Waals surface area contributed by atoms with Crippen molar-refractivity contribution in [2.24, 2.45) is 0 Å². The van der Waals surface area contributed by atoms with Crippen LogP contribution in [0.4, 0.5) is 5.69 Å². The molecule has 0 spiro atoms. The molecular weight excluding hydrogens is 268 g/mol. The molecule has 5 heteroatoms. The molecule has 3 N–H and O–H groups in total. The van der Waals surface area contributed by atoms with Gasteiger partial charge in [0.15, 0.2) is 0 Å². The molecule has 0 bridgehead atoms. The van der Waals surface area contributed by atoms with Crippen LogP contribution < -0.4 is 10.6 Å². The summed E-state index contributed by atoms with van der Waals surface area (Å²) in [5, 5.41) is 14.7. The van der Waals surface area contributed by atoms with E-state index in [-0.39, 0.29) is 12.3 Å². The highest BCUT2D eigenvalue weighted by atomic mass is 16.4. The van der Waals surface area contributed by atoms with E-state index in [0.29, 0.717) is 18.5 Å². The van der Waals surface area contributed by atoms with Gasteiger partial charge in [-0.3, -0.25) is 9.59 Å². The molecule has 0 radical (unpaired) electrons. The van der Waals surface area contributed by atoms with Crippen LogP contribution in [-0.2, 0) is 11.2 Å². The molecule has 0 fully saturated rings. The number of aliphatic carboxylic acids is 1. The van der Waals surface area contributed by atoms with Crippen LogP contribution in [0.2, 0.25) is 0 Å². The number of unbranched alkanes of at least 4 members (excludes halogenated alkanes) is 3. The number of hydrogen-bond donors (Lipinski definition) is 3. The Labute approximate surface area is 124 Å². The third-order valence-corrected chi connectivity index (χ3v) is 3.68. The molecule has 0 unspecified atom stereocenters. The van der Waals surface area contributed by atoms with E-state index in [2.05, 4.69) is 10.6 Å². The average Bonchev–Trinajstić information content (AvgIpc) is 2.93. The summed E-state index contributed by atoms with van der Waals surface area (Å²) in [7, 11) is 0. The first-order valence-electron chi connectivity index (χ1n) is 7.53. The lowest BCUT2D eigenvalue weighted by Crippen LogP contribution is -2.24. The van der Waals surface area contributed by atoms with Crippen LogP contribution in [0.25, 0.3) is 0 Å². The lowest BCUT2D eigenvalue weighted by molar-refractivity contribution is -0.137. The van der Waals surface area contributed by atoms with E-state index >= 15 is 0 Å². The Hall–Kier alpha value is -2.04. The normalized spacial score (nSPS) is 12.6. The number of nitrogens with one attached hydrogen (secondary N) is 2. The first-order valence-corrected chi connectivity index (χ1v) is 7.53. The number of hydrogen-bond acceptors (Lipinski definition) is 3. The summed E-state index contributed by atoms with van der Waals surface area (Å²) < 4.78 is 0. The summed E-state index contributed by atoms with van der Waals surface area (Å²) in [5.74, 6) is -0.773. The Balaban J connectivity index is 1.64. The fourth-order valence-corrected chi connectivity index (χ4v) is 2.50. The standard InChI is InChI=1S/C16H22N2O3/c19-15(20)5-3-1-2-4-9-18-16(21)13-6-7-14-12(11-13)8-10-17-14/h6-7,11,17H,1-5,8-10H2,(H,18,21)(H,19,20). The predicted octanol–water partition coefficient (Wildman–Crippen LogP) is 2.42. The van der Waals surface area contributed by atoms with Crippen LogP contribution in [0, 0.1) is 0 Å². The van der Waals surface area contributed by atoms with E-state index in [0.717, 1.165) is 37.9 Å². The van der Waals surface area contributed by atoms with Gasteiger partial charge in [-0.05, 0) is 43.0 Å². The Morgan fingerprint density at radius 1 is 1.19 bits per heavy atom. The summed E-state index contributed by atoms with van der Waals surface area (Å²) in [6.07, 6.45) is 4.64. The first-order chi connectivity index (χ1) is 10.2. The van der Waals surface area contributed by atoms with Crippen LogP contribution in [-0.4, -0.2) is 30.1 Å². The Morgan fingerprint density at radius 3 is 2.81 bits per heavy atom. The monoisotopic (exact) mass is 290 g/mol. The lowest BCUT2D eigenvalue weighted by Gasteiger charge is -2.07. The number of benzene rings is 1. The van der Waals surface area contributed by atoms with Gasteiger partial charge in [0.25, 0.3) is 5.91 Å². The molecule has 1 aromatic rings. The fourth-order valence-electron chi connectivity index (χ4n) is 2.50. The van der Waals surface area contributed by atoms with Crippen LogP contribution in [0.15, 0.2) is 18.2 Å². The number of carbonyl (C=O) groups excluding carboxylic acids is 1. The number of carboxylic acids is 1. The number of rotatable bonds is 8. The molecule has 0 saturated heterocycles. The third kappa shape index (κ3) is 4.77. The average molecular weight is 290 g/mol. The Bertz CT molecular complexity index is 514. The zero-order valence-electron chi connectivity index (χ0n) is 12.2. The predicted molar refractivity (Wildman–Crippen MR) is 81.7 cm³/mol.